The number of benzene rings is 1. The predicted molar refractivity (Wildman–Crippen MR) is 74.6 cm³/mol. The van der Waals surface area contributed by atoms with Crippen molar-refractivity contribution in [3.63, 3.8) is 0 Å². The number of aromatic nitrogens is 2. The molecule has 0 aliphatic carbocycles. The first-order chi connectivity index (χ1) is 8.90. The predicted octanol–water partition coefficient (Wildman–Crippen LogP) is 3.26. The maximum Gasteiger partial charge on any atom is 0.127 e. The first-order valence-electron chi connectivity index (χ1n) is 7.08. The van der Waals surface area contributed by atoms with Crippen molar-refractivity contribution >= 4 is 11.0 Å². The van der Waals surface area contributed by atoms with E-state index >= 15 is 0 Å². The molecule has 1 atom stereocenters. The van der Waals surface area contributed by atoms with Crippen molar-refractivity contribution < 1.29 is 0 Å². The standard InChI is InChI=1S/C15H21N3/c1-2-11-18-14-9-4-3-7-12(14)17-15(18)13-8-5-6-10-16-13/h3-4,7,9,13,16H,2,5-6,8,10-11H2,1H3. The molecule has 1 aromatic heterocycles. The van der Waals surface area contributed by atoms with Gasteiger partial charge in [0.05, 0.1) is 17.1 Å². The number of hydrogen-bond donors (Lipinski definition) is 1. The van der Waals surface area contributed by atoms with Gasteiger partial charge in [-0.15, -0.1) is 0 Å². The first-order valence-corrected chi connectivity index (χ1v) is 7.08. The van der Waals surface area contributed by atoms with Crippen LogP contribution in [0.3, 0.4) is 0 Å². The molecule has 1 N–H and O–H groups in total. The Morgan fingerprint density at radius 3 is 3.00 bits per heavy atom. The van der Waals surface area contributed by atoms with Crippen LogP contribution in [0.4, 0.5) is 0 Å². The summed E-state index contributed by atoms with van der Waals surface area (Å²) in [5.41, 5.74) is 2.41. The second-order valence-electron chi connectivity index (χ2n) is 5.11. The van der Waals surface area contributed by atoms with Gasteiger partial charge in [0, 0.05) is 6.54 Å². The summed E-state index contributed by atoms with van der Waals surface area (Å²) >= 11 is 0. The number of fused-ring (bicyclic) bond motifs is 1. The van der Waals surface area contributed by atoms with Crippen LogP contribution in [0, 0.1) is 0 Å². The minimum Gasteiger partial charge on any atom is -0.327 e. The van der Waals surface area contributed by atoms with Gasteiger partial charge < -0.3 is 9.88 Å². The summed E-state index contributed by atoms with van der Waals surface area (Å²) in [6, 6.07) is 8.92. The lowest BCUT2D eigenvalue weighted by atomic mass is 10.0. The summed E-state index contributed by atoms with van der Waals surface area (Å²) in [5, 5.41) is 3.61. The normalized spacial score (nSPS) is 20.4. The van der Waals surface area contributed by atoms with E-state index in [-0.39, 0.29) is 0 Å². The Bertz CT molecular complexity index is 524. The Labute approximate surface area is 108 Å². The fraction of sp³-hybridized carbons (Fsp3) is 0.533. The van der Waals surface area contributed by atoms with Crippen LogP contribution >= 0.6 is 0 Å². The molecular formula is C15H21N3. The van der Waals surface area contributed by atoms with E-state index in [0.717, 1.165) is 25.0 Å². The fourth-order valence-electron chi connectivity index (χ4n) is 2.89. The van der Waals surface area contributed by atoms with Gasteiger partial charge in [-0.2, -0.15) is 0 Å². The van der Waals surface area contributed by atoms with Gasteiger partial charge in [-0.1, -0.05) is 25.5 Å². The van der Waals surface area contributed by atoms with Crippen LogP contribution in [-0.4, -0.2) is 16.1 Å². The van der Waals surface area contributed by atoms with E-state index in [4.69, 9.17) is 4.98 Å². The van der Waals surface area contributed by atoms with Gasteiger partial charge in [0.2, 0.25) is 0 Å². The van der Waals surface area contributed by atoms with Gasteiger partial charge in [0.1, 0.15) is 5.82 Å². The van der Waals surface area contributed by atoms with E-state index in [0.29, 0.717) is 6.04 Å². The molecule has 0 amide bonds. The third kappa shape index (κ3) is 2.03. The number of rotatable bonds is 3. The molecule has 0 spiro atoms. The molecule has 1 aliphatic heterocycles. The van der Waals surface area contributed by atoms with Crippen LogP contribution in [0.25, 0.3) is 11.0 Å². The maximum absolute atomic E-state index is 4.86. The van der Waals surface area contributed by atoms with Crippen molar-refractivity contribution in [1.29, 1.82) is 0 Å². The molecule has 1 saturated heterocycles. The van der Waals surface area contributed by atoms with E-state index in [1.807, 2.05) is 0 Å². The van der Waals surface area contributed by atoms with Gasteiger partial charge in [-0.05, 0) is 37.9 Å². The Balaban J connectivity index is 2.05. The number of para-hydroxylation sites is 2. The molecule has 3 nitrogen and oxygen atoms in total. The number of piperidine rings is 1. The van der Waals surface area contributed by atoms with Crippen LogP contribution in [-0.2, 0) is 6.54 Å². The first kappa shape index (κ1) is 11.7. The van der Waals surface area contributed by atoms with Gasteiger partial charge >= 0.3 is 0 Å². The van der Waals surface area contributed by atoms with Crippen molar-refractivity contribution in [1.82, 2.24) is 14.9 Å². The van der Waals surface area contributed by atoms with Gasteiger partial charge in [0.15, 0.2) is 0 Å². The molecule has 0 radical (unpaired) electrons. The lowest BCUT2D eigenvalue weighted by Crippen LogP contribution is -2.29. The zero-order chi connectivity index (χ0) is 12.4. The van der Waals surface area contributed by atoms with Crippen molar-refractivity contribution in [2.24, 2.45) is 0 Å². The summed E-state index contributed by atoms with van der Waals surface area (Å²) in [7, 11) is 0. The van der Waals surface area contributed by atoms with E-state index in [1.165, 1.54) is 30.6 Å². The van der Waals surface area contributed by atoms with Crippen molar-refractivity contribution in [3.8, 4) is 0 Å². The summed E-state index contributed by atoms with van der Waals surface area (Å²) in [5.74, 6) is 1.23. The minimum atomic E-state index is 0.442. The molecule has 1 unspecified atom stereocenters. The molecule has 1 fully saturated rings. The van der Waals surface area contributed by atoms with Gasteiger partial charge in [0.25, 0.3) is 0 Å². The molecule has 1 aliphatic rings. The second kappa shape index (κ2) is 5.11. The molecule has 2 aromatic rings. The summed E-state index contributed by atoms with van der Waals surface area (Å²) < 4.78 is 2.40. The van der Waals surface area contributed by atoms with Crippen LogP contribution in [0.1, 0.15) is 44.5 Å². The SMILES string of the molecule is CCCn1c(C2CCCCN2)nc2ccccc21. The molecule has 3 rings (SSSR count). The molecule has 0 saturated carbocycles. The molecule has 1 aromatic carbocycles. The molecule has 0 bridgehead atoms. The highest BCUT2D eigenvalue weighted by Gasteiger charge is 2.21. The van der Waals surface area contributed by atoms with E-state index in [2.05, 4.69) is 41.1 Å². The number of nitrogens with zero attached hydrogens (tertiary/aromatic N) is 2. The van der Waals surface area contributed by atoms with Crippen molar-refractivity contribution in [2.45, 2.75) is 45.2 Å². The lowest BCUT2D eigenvalue weighted by Gasteiger charge is -2.23. The highest BCUT2D eigenvalue weighted by Crippen LogP contribution is 2.26. The molecule has 2 heterocycles. The Morgan fingerprint density at radius 1 is 1.33 bits per heavy atom. The number of nitrogens with one attached hydrogen (secondary N) is 1. The average Bonchev–Trinajstić information content (AvgIpc) is 2.80. The largest absolute Gasteiger partial charge is 0.327 e. The zero-order valence-corrected chi connectivity index (χ0v) is 11.0. The Morgan fingerprint density at radius 2 is 2.22 bits per heavy atom. The Kier molecular flexibility index (Phi) is 3.33. The second-order valence-corrected chi connectivity index (χ2v) is 5.11. The number of hydrogen-bond acceptors (Lipinski definition) is 2. The van der Waals surface area contributed by atoms with Crippen LogP contribution in [0.5, 0.6) is 0 Å². The monoisotopic (exact) mass is 243 g/mol. The quantitative estimate of drug-likeness (QED) is 0.896. The molecule has 96 valence electrons. The van der Waals surface area contributed by atoms with Gasteiger partial charge in [-0.25, -0.2) is 4.98 Å². The third-order valence-corrected chi connectivity index (χ3v) is 3.75. The molecular weight excluding hydrogens is 222 g/mol. The zero-order valence-electron chi connectivity index (χ0n) is 11.0. The number of aryl methyl sites for hydroxylation is 1. The fourth-order valence-corrected chi connectivity index (χ4v) is 2.89. The third-order valence-electron chi connectivity index (χ3n) is 3.75. The van der Waals surface area contributed by atoms with Crippen molar-refractivity contribution in [3.05, 3.63) is 30.1 Å². The van der Waals surface area contributed by atoms with Crippen LogP contribution in [0.2, 0.25) is 0 Å². The van der Waals surface area contributed by atoms with E-state index in [1.54, 1.807) is 0 Å². The molecule has 3 heteroatoms. The summed E-state index contributed by atoms with van der Waals surface area (Å²) in [6.45, 7) is 4.42. The Hall–Kier alpha value is -1.35. The van der Waals surface area contributed by atoms with Crippen LogP contribution in [0.15, 0.2) is 24.3 Å². The lowest BCUT2D eigenvalue weighted by molar-refractivity contribution is 0.386. The van der Waals surface area contributed by atoms with E-state index in [9.17, 15) is 0 Å². The van der Waals surface area contributed by atoms with Crippen LogP contribution < -0.4 is 5.32 Å². The highest BCUT2D eigenvalue weighted by molar-refractivity contribution is 5.76. The topological polar surface area (TPSA) is 29.9 Å². The highest BCUT2D eigenvalue weighted by atomic mass is 15.1. The maximum atomic E-state index is 4.86. The average molecular weight is 243 g/mol. The summed E-state index contributed by atoms with van der Waals surface area (Å²) in [6.07, 6.45) is 4.98. The number of imidazole rings is 1. The summed E-state index contributed by atoms with van der Waals surface area (Å²) in [4.78, 5) is 4.86. The minimum absolute atomic E-state index is 0.442. The van der Waals surface area contributed by atoms with Gasteiger partial charge in [-0.3, -0.25) is 0 Å². The smallest absolute Gasteiger partial charge is 0.127 e. The van der Waals surface area contributed by atoms with Crippen molar-refractivity contribution in [2.75, 3.05) is 6.54 Å². The van der Waals surface area contributed by atoms with E-state index < -0.39 is 0 Å². The molecule has 18 heavy (non-hydrogen) atoms.